The van der Waals surface area contributed by atoms with Crippen molar-refractivity contribution < 1.29 is 19.4 Å². The fraction of sp³-hybridized carbons (Fsp3) is 0.429. The highest BCUT2D eigenvalue weighted by atomic mass is 16.5. The first-order valence-electron chi connectivity index (χ1n) is 9.24. The average Bonchev–Trinajstić information content (AvgIpc) is 3.28. The maximum absolute atomic E-state index is 12.4. The van der Waals surface area contributed by atoms with Crippen LogP contribution in [0.3, 0.4) is 0 Å². The van der Waals surface area contributed by atoms with Gasteiger partial charge in [0.1, 0.15) is 0 Å². The molecule has 4 atom stereocenters. The molecule has 2 aromatic carbocycles. The van der Waals surface area contributed by atoms with Crippen LogP contribution in [0.25, 0.3) is 10.8 Å². The van der Waals surface area contributed by atoms with Crippen LogP contribution in [-0.2, 0) is 20.7 Å². The molecule has 1 amide bonds. The molecule has 2 bridgehead atoms. The smallest absolute Gasteiger partial charge is 0.308 e. The molecule has 2 N–H and O–H groups in total. The Bertz CT molecular complexity index is 828. The lowest BCUT2D eigenvalue weighted by Crippen LogP contribution is -2.40. The number of ether oxygens (including phenoxy) is 1. The van der Waals surface area contributed by atoms with E-state index in [9.17, 15) is 14.7 Å². The van der Waals surface area contributed by atoms with Crippen molar-refractivity contribution in [3.63, 3.8) is 0 Å². The first kappa shape index (κ1) is 17.0. The average molecular weight is 353 g/mol. The third-order valence-electron chi connectivity index (χ3n) is 5.66. The van der Waals surface area contributed by atoms with Crippen LogP contribution in [-0.4, -0.2) is 35.7 Å². The van der Waals surface area contributed by atoms with Crippen molar-refractivity contribution in [1.82, 2.24) is 5.32 Å². The number of carboxylic acid groups (broad SMARTS) is 1. The van der Waals surface area contributed by atoms with Gasteiger partial charge in [-0.3, -0.25) is 9.59 Å². The van der Waals surface area contributed by atoms with Crippen molar-refractivity contribution in [2.24, 2.45) is 11.8 Å². The molecule has 0 saturated carbocycles. The number of rotatable bonds is 6. The third-order valence-corrected chi connectivity index (χ3v) is 5.66. The number of aliphatic carboxylic acids is 1. The second kappa shape index (κ2) is 7.08. The molecule has 5 nitrogen and oxygen atoms in total. The largest absolute Gasteiger partial charge is 0.481 e. The minimum Gasteiger partial charge on any atom is -0.481 e. The maximum atomic E-state index is 12.4. The molecular formula is C21H23NO4. The topological polar surface area (TPSA) is 75.6 Å². The van der Waals surface area contributed by atoms with Gasteiger partial charge >= 0.3 is 5.97 Å². The molecule has 2 heterocycles. The molecule has 0 spiro atoms. The quantitative estimate of drug-likeness (QED) is 0.837. The monoisotopic (exact) mass is 353 g/mol. The highest BCUT2D eigenvalue weighted by Crippen LogP contribution is 2.38. The van der Waals surface area contributed by atoms with Crippen molar-refractivity contribution in [2.45, 2.75) is 37.9 Å². The molecule has 5 heteroatoms. The molecule has 136 valence electrons. The summed E-state index contributed by atoms with van der Waals surface area (Å²) in [5.41, 5.74) is 0.994. The summed E-state index contributed by atoms with van der Waals surface area (Å²) in [4.78, 5) is 24.2. The number of amides is 1. The van der Waals surface area contributed by atoms with Gasteiger partial charge in [0.25, 0.3) is 0 Å². The predicted octanol–water partition coefficient (Wildman–Crippen LogP) is 2.77. The summed E-state index contributed by atoms with van der Waals surface area (Å²) in [5, 5.41) is 14.6. The second-order valence-electron chi connectivity index (χ2n) is 7.34. The third kappa shape index (κ3) is 3.31. The van der Waals surface area contributed by atoms with Crippen molar-refractivity contribution in [1.29, 1.82) is 0 Å². The van der Waals surface area contributed by atoms with Crippen LogP contribution >= 0.6 is 0 Å². The Hall–Kier alpha value is -2.40. The normalized spacial score (nSPS) is 25.3. The van der Waals surface area contributed by atoms with Crippen molar-refractivity contribution >= 4 is 22.6 Å². The molecule has 2 fully saturated rings. The fourth-order valence-corrected chi connectivity index (χ4v) is 4.25. The number of nitrogens with one attached hydrogen (secondary N) is 1. The van der Waals surface area contributed by atoms with Gasteiger partial charge in [0.2, 0.25) is 5.91 Å². The minimum atomic E-state index is -0.887. The van der Waals surface area contributed by atoms with E-state index in [1.54, 1.807) is 0 Å². The van der Waals surface area contributed by atoms with E-state index in [4.69, 9.17) is 4.74 Å². The first-order valence-corrected chi connectivity index (χ1v) is 9.24. The first-order chi connectivity index (χ1) is 12.6. The second-order valence-corrected chi connectivity index (χ2v) is 7.34. The van der Waals surface area contributed by atoms with E-state index in [2.05, 4.69) is 5.32 Å². The van der Waals surface area contributed by atoms with Crippen molar-refractivity contribution in [3.8, 4) is 0 Å². The number of hydrogen-bond acceptors (Lipinski definition) is 3. The van der Waals surface area contributed by atoms with Gasteiger partial charge in [-0.05, 0) is 42.0 Å². The number of carboxylic acids is 1. The molecule has 0 aromatic heterocycles. The molecule has 0 radical (unpaired) electrons. The van der Waals surface area contributed by atoms with Crippen LogP contribution in [0.4, 0.5) is 0 Å². The zero-order valence-corrected chi connectivity index (χ0v) is 14.6. The van der Waals surface area contributed by atoms with Gasteiger partial charge in [0, 0.05) is 6.54 Å². The van der Waals surface area contributed by atoms with E-state index in [0.717, 1.165) is 35.6 Å². The van der Waals surface area contributed by atoms with Gasteiger partial charge in [0.15, 0.2) is 0 Å². The molecule has 0 aliphatic carbocycles. The summed E-state index contributed by atoms with van der Waals surface area (Å²) in [6.07, 6.45) is 3.35. The molecule has 2 aromatic rings. The van der Waals surface area contributed by atoms with E-state index in [1.165, 1.54) is 0 Å². The summed E-state index contributed by atoms with van der Waals surface area (Å²) in [5.74, 6) is -1.73. The SMILES string of the molecule is O=C(O)C(CNC(=O)C1CC2CCC1O2)Cc1cccc2ccccc12. The Labute approximate surface area is 152 Å². The summed E-state index contributed by atoms with van der Waals surface area (Å²) >= 11 is 0. The fourth-order valence-electron chi connectivity index (χ4n) is 4.25. The zero-order chi connectivity index (χ0) is 18.1. The highest BCUT2D eigenvalue weighted by Gasteiger charge is 2.44. The van der Waals surface area contributed by atoms with Gasteiger partial charge < -0.3 is 15.2 Å². The number of carbonyl (C=O) groups excluding carboxylic acids is 1. The maximum Gasteiger partial charge on any atom is 0.308 e. The lowest BCUT2D eigenvalue weighted by molar-refractivity contribution is -0.141. The Morgan fingerprint density at radius 1 is 1.15 bits per heavy atom. The number of carbonyl (C=O) groups is 2. The van der Waals surface area contributed by atoms with Crippen molar-refractivity contribution in [3.05, 3.63) is 48.0 Å². The number of benzene rings is 2. The van der Waals surface area contributed by atoms with Crippen LogP contribution in [0.1, 0.15) is 24.8 Å². The lowest BCUT2D eigenvalue weighted by atomic mass is 9.88. The van der Waals surface area contributed by atoms with Crippen LogP contribution in [0.5, 0.6) is 0 Å². The molecule has 4 rings (SSSR count). The summed E-state index contributed by atoms with van der Waals surface area (Å²) < 4.78 is 5.73. The molecule has 2 aliphatic heterocycles. The predicted molar refractivity (Wildman–Crippen MR) is 97.8 cm³/mol. The van der Waals surface area contributed by atoms with Gasteiger partial charge in [-0.2, -0.15) is 0 Å². The van der Waals surface area contributed by atoms with E-state index >= 15 is 0 Å². The van der Waals surface area contributed by atoms with Crippen molar-refractivity contribution in [2.75, 3.05) is 6.54 Å². The van der Waals surface area contributed by atoms with Crippen LogP contribution in [0.2, 0.25) is 0 Å². The standard InChI is InChI=1S/C21H23NO4/c23-20(18-11-16-8-9-19(18)26-16)22-12-15(21(24)25)10-14-6-3-5-13-4-1-2-7-17(13)14/h1-7,15-16,18-19H,8-12H2,(H,22,23)(H,24,25). The molecule has 2 saturated heterocycles. The van der Waals surface area contributed by atoms with Crippen LogP contribution in [0, 0.1) is 11.8 Å². The van der Waals surface area contributed by atoms with E-state index in [0.29, 0.717) is 6.42 Å². The Morgan fingerprint density at radius 3 is 2.69 bits per heavy atom. The zero-order valence-electron chi connectivity index (χ0n) is 14.6. The van der Waals surface area contributed by atoms with Gasteiger partial charge in [-0.25, -0.2) is 0 Å². The molecule has 2 aliphatic rings. The van der Waals surface area contributed by atoms with Gasteiger partial charge in [0.05, 0.1) is 24.0 Å². The Morgan fingerprint density at radius 2 is 1.96 bits per heavy atom. The summed E-state index contributed by atoms with van der Waals surface area (Å²) in [6.45, 7) is 0.144. The molecular weight excluding hydrogens is 330 g/mol. The Kier molecular flexibility index (Phi) is 4.64. The molecule has 26 heavy (non-hydrogen) atoms. The van der Waals surface area contributed by atoms with Gasteiger partial charge in [-0.1, -0.05) is 42.5 Å². The Balaban J connectivity index is 1.43. The highest BCUT2D eigenvalue weighted by molar-refractivity contribution is 5.86. The lowest BCUT2D eigenvalue weighted by Gasteiger charge is -2.20. The molecule has 4 unspecified atom stereocenters. The van der Waals surface area contributed by atoms with E-state index in [-0.39, 0.29) is 30.6 Å². The van der Waals surface area contributed by atoms with Crippen LogP contribution < -0.4 is 5.32 Å². The number of hydrogen-bond donors (Lipinski definition) is 2. The number of fused-ring (bicyclic) bond motifs is 3. The summed E-state index contributed by atoms with van der Waals surface area (Å²) in [6, 6.07) is 13.9. The van der Waals surface area contributed by atoms with Crippen LogP contribution in [0.15, 0.2) is 42.5 Å². The summed E-state index contributed by atoms with van der Waals surface area (Å²) in [7, 11) is 0. The van der Waals surface area contributed by atoms with E-state index < -0.39 is 11.9 Å². The van der Waals surface area contributed by atoms with E-state index in [1.807, 2.05) is 42.5 Å². The van der Waals surface area contributed by atoms with Gasteiger partial charge in [-0.15, -0.1) is 0 Å². The minimum absolute atomic E-state index is 0.0151.